The Kier molecular flexibility index (Phi) is 4.82. The summed E-state index contributed by atoms with van der Waals surface area (Å²) in [6.45, 7) is 4.37. The van der Waals surface area contributed by atoms with Crippen LogP contribution in [0.25, 0.3) is 10.9 Å². The number of para-hydroxylation sites is 1. The molecule has 1 saturated heterocycles. The molecule has 3 amide bonds. The molecule has 2 atom stereocenters. The van der Waals surface area contributed by atoms with Gasteiger partial charge in [0, 0.05) is 29.1 Å². The Balaban J connectivity index is 1.49. The summed E-state index contributed by atoms with van der Waals surface area (Å²) in [5, 5.41) is 1.16. The number of hydrogen-bond donors (Lipinski definition) is 1. The van der Waals surface area contributed by atoms with E-state index < -0.39 is 6.04 Å². The van der Waals surface area contributed by atoms with Crippen LogP contribution in [0, 0.1) is 0 Å². The number of rotatable bonds is 3. The van der Waals surface area contributed by atoms with Crippen molar-refractivity contribution >= 4 is 22.8 Å². The minimum atomic E-state index is -0.430. The smallest absolute Gasteiger partial charge is 0.328 e. The molecular formula is C28H31N3O2. The summed E-state index contributed by atoms with van der Waals surface area (Å²) in [5.74, 6) is 0.435. The number of urea groups is 1. The molecule has 5 heteroatoms. The van der Waals surface area contributed by atoms with Gasteiger partial charge in [-0.25, -0.2) is 4.79 Å². The predicted octanol–water partition coefficient (Wildman–Crippen LogP) is 5.90. The highest BCUT2D eigenvalue weighted by molar-refractivity contribution is 6.06. The van der Waals surface area contributed by atoms with E-state index in [1.807, 2.05) is 17.0 Å². The zero-order valence-corrected chi connectivity index (χ0v) is 19.4. The lowest BCUT2D eigenvalue weighted by molar-refractivity contribution is -0.130. The zero-order valence-electron chi connectivity index (χ0n) is 19.4. The number of nitrogens with one attached hydrogen (secondary N) is 1. The predicted molar refractivity (Wildman–Crippen MR) is 129 cm³/mol. The highest BCUT2D eigenvalue weighted by Crippen LogP contribution is 2.45. The van der Waals surface area contributed by atoms with Crippen LogP contribution in [0.3, 0.4) is 0 Å². The van der Waals surface area contributed by atoms with Crippen molar-refractivity contribution in [2.75, 3.05) is 0 Å². The van der Waals surface area contributed by atoms with E-state index in [1.165, 1.54) is 17.5 Å². The fourth-order valence-corrected chi connectivity index (χ4v) is 6.18. The summed E-state index contributed by atoms with van der Waals surface area (Å²) in [6, 6.07) is 16.1. The largest absolute Gasteiger partial charge is 0.356 e. The molecule has 2 unspecified atom stereocenters. The number of nitrogens with zero attached hydrogens (tertiary/aromatic N) is 2. The molecule has 3 aliphatic rings. The number of H-pyrrole nitrogens is 1. The van der Waals surface area contributed by atoms with Crippen LogP contribution in [0.1, 0.15) is 80.3 Å². The normalized spacial score (nSPS) is 23.5. The number of carbonyl (C=O) groups is 2. The molecule has 2 aliphatic heterocycles. The van der Waals surface area contributed by atoms with Crippen LogP contribution < -0.4 is 0 Å². The molecule has 3 heterocycles. The average Bonchev–Trinajstić information content (AvgIpc) is 3.33. The van der Waals surface area contributed by atoms with Crippen LogP contribution >= 0.6 is 0 Å². The first-order valence-corrected chi connectivity index (χ1v) is 12.4. The zero-order chi connectivity index (χ0) is 22.7. The number of amides is 3. The summed E-state index contributed by atoms with van der Waals surface area (Å²) in [4.78, 5) is 34.7. The van der Waals surface area contributed by atoms with Gasteiger partial charge < -0.3 is 4.98 Å². The Morgan fingerprint density at radius 3 is 2.39 bits per heavy atom. The first kappa shape index (κ1) is 20.5. The van der Waals surface area contributed by atoms with E-state index >= 15 is 0 Å². The molecule has 170 valence electrons. The first-order chi connectivity index (χ1) is 16.0. The van der Waals surface area contributed by atoms with Gasteiger partial charge in [-0.3, -0.25) is 14.6 Å². The molecule has 3 aromatic rings. The van der Waals surface area contributed by atoms with E-state index in [0.717, 1.165) is 47.8 Å². The van der Waals surface area contributed by atoms with Crippen LogP contribution in [0.4, 0.5) is 4.79 Å². The summed E-state index contributed by atoms with van der Waals surface area (Å²) in [5.41, 5.74) is 5.63. The Morgan fingerprint density at radius 2 is 1.67 bits per heavy atom. The highest BCUT2D eigenvalue weighted by atomic mass is 16.2. The standard InChI is InChI=1S/C28H31N3O2/c1-17(2)18-12-14-19(15-13-18)26-25-22(21-10-6-7-11-23(21)29-25)16-24-27(32)30(28(33)31(24)26)20-8-4-3-5-9-20/h6-7,10-15,17,20,24,26,29H,3-5,8-9,16H2,1-2H3. The molecule has 0 spiro atoms. The van der Waals surface area contributed by atoms with Gasteiger partial charge in [0.1, 0.15) is 12.1 Å². The molecule has 1 N–H and O–H groups in total. The van der Waals surface area contributed by atoms with Gasteiger partial charge in [-0.1, -0.05) is 75.6 Å². The van der Waals surface area contributed by atoms with Crippen molar-refractivity contribution in [2.45, 2.75) is 76.4 Å². The number of carbonyl (C=O) groups excluding carboxylic acids is 2. The molecule has 6 rings (SSSR count). The fourth-order valence-electron chi connectivity index (χ4n) is 6.18. The van der Waals surface area contributed by atoms with Gasteiger partial charge in [-0.05, 0) is 41.5 Å². The Labute approximate surface area is 194 Å². The van der Waals surface area contributed by atoms with Gasteiger partial charge in [0.25, 0.3) is 5.91 Å². The van der Waals surface area contributed by atoms with Crippen molar-refractivity contribution in [3.63, 3.8) is 0 Å². The number of aromatic amines is 1. The third kappa shape index (κ3) is 3.12. The number of aromatic nitrogens is 1. The number of imide groups is 1. The van der Waals surface area contributed by atoms with Gasteiger partial charge >= 0.3 is 6.03 Å². The first-order valence-electron chi connectivity index (χ1n) is 12.4. The van der Waals surface area contributed by atoms with Crippen molar-refractivity contribution < 1.29 is 9.59 Å². The van der Waals surface area contributed by atoms with Crippen molar-refractivity contribution in [3.8, 4) is 0 Å². The van der Waals surface area contributed by atoms with E-state index in [1.54, 1.807) is 4.90 Å². The minimum Gasteiger partial charge on any atom is -0.356 e. The fraction of sp³-hybridized carbons (Fsp3) is 0.429. The lowest BCUT2D eigenvalue weighted by atomic mass is 9.88. The molecule has 2 fully saturated rings. The van der Waals surface area contributed by atoms with E-state index in [9.17, 15) is 9.59 Å². The lowest BCUT2D eigenvalue weighted by Gasteiger charge is -2.36. The second-order valence-corrected chi connectivity index (χ2v) is 10.2. The van der Waals surface area contributed by atoms with Crippen LogP contribution in [-0.4, -0.2) is 38.8 Å². The van der Waals surface area contributed by atoms with E-state index in [0.29, 0.717) is 12.3 Å². The number of hydrogen-bond acceptors (Lipinski definition) is 2. The highest BCUT2D eigenvalue weighted by Gasteiger charge is 2.54. The lowest BCUT2D eigenvalue weighted by Crippen LogP contribution is -2.44. The maximum absolute atomic E-state index is 13.9. The summed E-state index contributed by atoms with van der Waals surface area (Å²) in [6.07, 6.45) is 5.82. The SMILES string of the molecule is CC(C)c1ccc(C2c3[nH]c4ccccc4c3CC3C(=O)N(C4CCCCC4)C(=O)N32)cc1. The third-order valence-electron chi connectivity index (χ3n) is 7.94. The van der Waals surface area contributed by atoms with E-state index in [-0.39, 0.29) is 24.0 Å². The molecule has 1 aliphatic carbocycles. The molecule has 1 aromatic heterocycles. The maximum Gasteiger partial charge on any atom is 0.328 e. The number of benzene rings is 2. The molecule has 33 heavy (non-hydrogen) atoms. The van der Waals surface area contributed by atoms with Crippen LogP contribution in [0.2, 0.25) is 0 Å². The van der Waals surface area contributed by atoms with Crippen LogP contribution in [0.15, 0.2) is 48.5 Å². The van der Waals surface area contributed by atoms with Crippen molar-refractivity contribution in [3.05, 3.63) is 70.9 Å². The summed E-state index contributed by atoms with van der Waals surface area (Å²) in [7, 11) is 0. The number of fused-ring (bicyclic) bond motifs is 4. The Morgan fingerprint density at radius 1 is 0.939 bits per heavy atom. The second-order valence-electron chi connectivity index (χ2n) is 10.2. The summed E-state index contributed by atoms with van der Waals surface area (Å²) < 4.78 is 0. The van der Waals surface area contributed by atoms with Gasteiger partial charge in [0.15, 0.2) is 0 Å². The van der Waals surface area contributed by atoms with E-state index in [4.69, 9.17) is 0 Å². The average molecular weight is 442 g/mol. The Bertz CT molecular complexity index is 1220. The van der Waals surface area contributed by atoms with Gasteiger partial charge in [-0.15, -0.1) is 0 Å². The van der Waals surface area contributed by atoms with E-state index in [2.05, 4.69) is 55.2 Å². The van der Waals surface area contributed by atoms with Gasteiger partial charge in [-0.2, -0.15) is 0 Å². The molecule has 5 nitrogen and oxygen atoms in total. The minimum absolute atomic E-state index is 0.00775. The molecule has 0 radical (unpaired) electrons. The molecular weight excluding hydrogens is 410 g/mol. The second kappa shape index (κ2) is 7.75. The summed E-state index contributed by atoms with van der Waals surface area (Å²) >= 11 is 0. The molecule has 1 saturated carbocycles. The molecule has 0 bridgehead atoms. The van der Waals surface area contributed by atoms with Crippen molar-refractivity contribution in [2.24, 2.45) is 0 Å². The monoisotopic (exact) mass is 441 g/mol. The molecule has 2 aromatic carbocycles. The topological polar surface area (TPSA) is 56.4 Å². The quantitative estimate of drug-likeness (QED) is 0.514. The van der Waals surface area contributed by atoms with Crippen LogP contribution in [-0.2, 0) is 11.2 Å². The van der Waals surface area contributed by atoms with Gasteiger partial charge in [0.2, 0.25) is 0 Å². The third-order valence-corrected chi connectivity index (χ3v) is 7.94. The van der Waals surface area contributed by atoms with Gasteiger partial charge in [0.05, 0.1) is 0 Å². The van der Waals surface area contributed by atoms with Crippen molar-refractivity contribution in [1.82, 2.24) is 14.8 Å². The van der Waals surface area contributed by atoms with Crippen LogP contribution in [0.5, 0.6) is 0 Å². The maximum atomic E-state index is 13.9. The van der Waals surface area contributed by atoms with Crippen molar-refractivity contribution in [1.29, 1.82) is 0 Å². The Hall–Kier alpha value is -3.08.